The second-order valence-corrected chi connectivity index (χ2v) is 4.89. The van der Waals surface area contributed by atoms with Gasteiger partial charge in [-0.05, 0) is 31.0 Å². The Kier molecular flexibility index (Phi) is 5.62. The summed E-state index contributed by atoms with van der Waals surface area (Å²) in [5.41, 5.74) is 1.39. The van der Waals surface area contributed by atoms with Crippen LogP contribution in [0.3, 0.4) is 0 Å². The molecule has 0 radical (unpaired) electrons. The van der Waals surface area contributed by atoms with Gasteiger partial charge in [-0.2, -0.15) is 0 Å². The molecule has 1 N–H and O–H groups in total. The summed E-state index contributed by atoms with van der Waals surface area (Å²) in [6.45, 7) is 2.69. The molecule has 1 aromatic heterocycles. The average Bonchev–Trinajstić information content (AvgIpc) is 2.55. The first-order valence-electron chi connectivity index (χ1n) is 7.15. The topological polar surface area (TPSA) is 94.4 Å². The van der Waals surface area contributed by atoms with Crippen molar-refractivity contribution >= 4 is 17.5 Å². The van der Waals surface area contributed by atoms with Crippen LogP contribution in [0.2, 0.25) is 0 Å². The van der Waals surface area contributed by atoms with Gasteiger partial charge in [0.25, 0.3) is 5.69 Å². The van der Waals surface area contributed by atoms with Crippen LogP contribution in [0.1, 0.15) is 22.3 Å². The van der Waals surface area contributed by atoms with Crippen LogP contribution in [-0.2, 0) is 4.74 Å². The summed E-state index contributed by atoms with van der Waals surface area (Å²) >= 11 is 0. The van der Waals surface area contributed by atoms with Gasteiger partial charge in [-0.3, -0.25) is 10.1 Å². The first-order chi connectivity index (χ1) is 11.1. The van der Waals surface area contributed by atoms with Crippen LogP contribution in [0.15, 0.2) is 42.6 Å². The minimum atomic E-state index is -0.498. The van der Waals surface area contributed by atoms with E-state index in [-0.39, 0.29) is 18.3 Å². The highest BCUT2D eigenvalue weighted by molar-refractivity contribution is 5.90. The van der Waals surface area contributed by atoms with Crippen LogP contribution in [0, 0.1) is 17.0 Å². The lowest BCUT2D eigenvalue weighted by Crippen LogP contribution is -2.11. The molecule has 0 spiro atoms. The number of rotatable bonds is 7. The number of benzene rings is 1. The number of aryl methyl sites for hydroxylation is 1. The first-order valence-corrected chi connectivity index (χ1v) is 7.15. The van der Waals surface area contributed by atoms with Crippen LogP contribution in [-0.4, -0.2) is 29.0 Å². The largest absolute Gasteiger partial charge is 0.462 e. The summed E-state index contributed by atoms with van der Waals surface area (Å²) < 4.78 is 5.21. The second kappa shape index (κ2) is 7.88. The zero-order valence-corrected chi connectivity index (χ0v) is 12.7. The van der Waals surface area contributed by atoms with Gasteiger partial charge in [-0.15, -0.1) is 0 Å². The van der Waals surface area contributed by atoms with E-state index in [4.69, 9.17) is 4.74 Å². The molecule has 0 amide bonds. The second-order valence-electron chi connectivity index (χ2n) is 4.89. The van der Waals surface area contributed by atoms with Crippen LogP contribution in [0.4, 0.5) is 11.5 Å². The van der Waals surface area contributed by atoms with E-state index in [2.05, 4.69) is 10.3 Å². The van der Waals surface area contributed by atoms with Crippen molar-refractivity contribution in [2.24, 2.45) is 0 Å². The standard InChI is InChI=1S/C16H17N3O4/c1-12-5-2-3-6-14(12)16(20)23-10-4-9-17-15-8-7-13(11-18-15)19(21)22/h2-3,5-8,11H,4,9-10H2,1H3,(H,17,18). The van der Waals surface area contributed by atoms with Gasteiger partial charge in [0, 0.05) is 12.6 Å². The maximum atomic E-state index is 11.9. The van der Waals surface area contributed by atoms with Crippen LogP contribution in [0.25, 0.3) is 0 Å². The van der Waals surface area contributed by atoms with Gasteiger partial charge in [0.1, 0.15) is 12.0 Å². The van der Waals surface area contributed by atoms with Gasteiger partial charge in [0.2, 0.25) is 0 Å². The molecule has 0 fully saturated rings. The van der Waals surface area contributed by atoms with Crippen molar-refractivity contribution in [3.63, 3.8) is 0 Å². The zero-order valence-electron chi connectivity index (χ0n) is 12.7. The third-order valence-electron chi connectivity index (χ3n) is 3.18. The van der Waals surface area contributed by atoms with Crippen molar-refractivity contribution in [1.29, 1.82) is 0 Å². The lowest BCUT2D eigenvalue weighted by Gasteiger charge is -2.08. The van der Waals surface area contributed by atoms with E-state index in [0.29, 0.717) is 24.3 Å². The highest BCUT2D eigenvalue weighted by atomic mass is 16.6. The predicted molar refractivity (Wildman–Crippen MR) is 85.5 cm³/mol. The Morgan fingerprint density at radius 1 is 1.30 bits per heavy atom. The summed E-state index contributed by atoms with van der Waals surface area (Å²) in [5.74, 6) is 0.206. The number of carbonyl (C=O) groups excluding carboxylic acids is 1. The minimum absolute atomic E-state index is 0.0530. The number of hydrogen-bond donors (Lipinski definition) is 1. The molecular weight excluding hydrogens is 298 g/mol. The van der Waals surface area contributed by atoms with Crippen molar-refractivity contribution in [3.8, 4) is 0 Å². The van der Waals surface area contributed by atoms with E-state index < -0.39 is 4.92 Å². The fourth-order valence-electron chi connectivity index (χ4n) is 1.93. The highest BCUT2D eigenvalue weighted by Gasteiger charge is 2.09. The molecule has 0 aliphatic rings. The van der Waals surface area contributed by atoms with Gasteiger partial charge >= 0.3 is 5.97 Å². The quantitative estimate of drug-likeness (QED) is 0.365. The average molecular weight is 315 g/mol. The molecule has 0 bridgehead atoms. The molecule has 0 unspecified atom stereocenters. The van der Waals surface area contributed by atoms with E-state index >= 15 is 0 Å². The van der Waals surface area contributed by atoms with Gasteiger partial charge < -0.3 is 10.1 Å². The van der Waals surface area contributed by atoms with Gasteiger partial charge in [0.05, 0.1) is 17.1 Å². The van der Waals surface area contributed by atoms with E-state index in [9.17, 15) is 14.9 Å². The monoisotopic (exact) mass is 315 g/mol. The number of nitrogens with one attached hydrogen (secondary N) is 1. The number of esters is 1. The number of nitro groups is 1. The summed E-state index contributed by atoms with van der Waals surface area (Å²) in [7, 11) is 0. The Morgan fingerprint density at radius 3 is 2.74 bits per heavy atom. The molecule has 1 aromatic carbocycles. The molecule has 0 saturated carbocycles. The number of hydrogen-bond acceptors (Lipinski definition) is 6. The molecule has 2 aromatic rings. The summed E-state index contributed by atoms with van der Waals surface area (Å²) in [6.07, 6.45) is 1.80. The van der Waals surface area contributed by atoms with Crippen LogP contribution < -0.4 is 5.32 Å². The van der Waals surface area contributed by atoms with Crippen molar-refractivity contribution in [2.75, 3.05) is 18.5 Å². The molecule has 7 heteroatoms. The zero-order chi connectivity index (χ0) is 16.7. The fourth-order valence-corrected chi connectivity index (χ4v) is 1.93. The maximum absolute atomic E-state index is 11.9. The summed E-state index contributed by atoms with van der Waals surface area (Å²) in [4.78, 5) is 25.8. The lowest BCUT2D eigenvalue weighted by atomic mass is 10.1. The van der Waals surface area contributed by atoms with Crippen molar-refractivity contribution in [3.05, 3.63) is 63.8 Å². The molecule has 0 atom stereocenters. The van der Waals surface area contributed by atoms with E-state index in [0.717, 1.165) is 5.56 Å². The van der Waals surface area contributed by atoms with Crippen LogP contribution >= 0.6 is 0 Å². The molecule has 1 heterocycles. The number of anilines is 1. The number of aromatic nitrogens is 1. The first kappa shape index (κ1) is 16.4. The van der Waals surface area contributed by atoms with Crippen LogP contribution in [0.5, 0.6) is 0 Å². The SMILES string of the molecule is Cc1ccccc1C(=O)OCCCNc1ccc([N+](=O)[O-])cn1. The predicted octanol–water partition coefficient (Wildman–Crippen LogP) is 2.96. The highest BCUT2D eigenvalue weighted by Crippen LogP contribution is 2.12. The number of carbonyl (C=O) groups is 1. The van der Waals surface area contributed by atoms with E-state index in [1.807, 2.05) is 19.1 Å². The van der Waals surface area contributed by atoms with Gasteiger partial charge in [0.15, 0.2) is 0 Å². The van der Waals surface area contributed by atoms with Gasteiger partial charge in [-0.1, -0.05) is 18.2 Å². The normalized spacial score (nSPS) is 10.1. The van der Waals surface area contributed by atoms with Crippen molar-refractivity contribution in [1.82, 2.24) is 4.98 Å². The molecule has 0 saturated heterocycles. The van der Waals surface area contributed by atoms with E-state index in [1.165, 1.54) is 18.3 Å². The fraction of sp³-hybridized carbons (Fsp3) is 0.250. The number of ether oxygens (including phenoxy) is 1. The molecule has 2 rings (SSSR count). The Hall–Kier alpha value is -2.96. The van der Waals surface area contributed by atoms with Gasteiger partial charge in [-0.25, -0.2) is 9.78 Å². The summed E-state index contributed by atoms with van der Waals surface area (Å²) in [6, 6.07) is 10.2. The molecule has 0 aliphatic carbocycles. The third-order valence-corrected chi connectivity index (χ3v) is 3.18. The molecule has 23 heavy (non-hydrogen) atoms. The maximum Gasteiger partial charge on any atom is 0.338 e. The van der Waals surface area contributed by atoms with Crippen molar-refractivity contribution < 1.29 is 14.5 Å². The minimum Gasteiger partial charge on any atom is -0.462 e. The van der Waals surface area contributed by atoms with Crippen molar-refractivity contribution in [2.45, 2.75) is 13.3 Å². The third kappa shape index (κ3) is 4.77. The Balaban J connectivity index is 1.70. The molecular formula is C16H17N3O4. The Bertz CT molecular complexity index is 686. The molecule has 7 nitrogen and oxygen atoms in total. The number of nitrogens with zero attached hydrogens (tertiary/aromatic N) is 2. The smallest absolute Gasteiger partial charge is 0.338 e. The Labute approximate surface area is 133 Å². The molecule has 120 valence electrons. The van der Waals surface area contributed by atoms with E-state index in [1.54, 1.807) is 12.1 Å². The summed E-state index contributed by atoms with van der Waals surface area (Å²) in [5, 5.41) is 13.5. The lowest BCUT2D eigenvalue weighted by molar-refractivity contribution is -0.385. The molecule has 0 aliphatic heterocycles. The number of pyridine rings is 1. The Morgan fingerprint density at radius 2 is 2.09 bits per heavy atom.